The maximum atomic E-state index is 12.8. The van der Waals surface area contributed by atoms with Crippen molar-refractivity contribution in [2.24, 2.45) is 0 Å². The van der Waals surface area contributed by atoms with E-state index in [-0.39, 0.29) is 10.2 Å². The van der Waals surface area contributed by atoms with Crippen LogP contribution in [-0.2, 0) is 6.42 Å². The number of phenolic OH excluding ortho intramolecular Hbond substituents is 2. The van der Waals surface area contributed by atoms with Gasteiger partial charge in [-0.05, 0) is 22.4 Å². The fourth-order valence-corrected chi connectivity index (χ4v) is 1.71. The van der Waals surface area contributed by atoms with Gasteiger partial charge in [0.15, 0.2) is 11.6 Å². The lowest BCUT2D eigenvalue weighted by molar-refractivity contribution is 0.414. The van der Waals surface area contributed by atoms with Crippen LogP contribution in [0.25, 0.3) is 0 Å². The zero-order valence-electron chi connectivity index (χ0n) is 7.14. The Hall–Kier alpha value is -0.770. The first kappa shape index (κ1) is 10.3. The van der Waals surface area contributed by atoms with E-state index in [1.54, 1.807) is 0 Å². The number of phenols is 2. The van der Waals surface area contributed by atoms with Crippen LogP contribution in [0.3, 0.4) is 0 Å². The van der Waals surface area contributed by atoms with E-state index in [2.05, 4.69) is 15.9 Å². The largest absolute Gasteiger partial charge is 0.508 e. The van der Waals surface area contributed by atoms with E-state index >= 15 is 0 Å². The van der Waals surface area contributed by atoms with Crippen LogP contribution in [0.1, 0.15) is 18.9 Å². The summed E-state index contributed by atoms with van der Waals surface area (Å²) in [6, 6.07) is 0.922. The Morgan fingerprint density at radius 3 is 2.62 bits per heavy atom. The molecule has 0 atom stereocenters. The molecule has 0 aliphatic heterocycles. The maximum Gasteiger partial charge on any atom is 0.169 e. The number of rotatable bonds is 2. The molecule has 0 bridgehead atoms. The Morgan fingerprint density at radius 1 is 1.46 bits per heavy atom. The van der Waals surface area contributed by atoms with Gasteiger partial charge in [-0.3, -0.25) is 0 Å². The molecule has 0 saturated heterocycles. The predicted octanol–water partition coefficient (Wildman–Crippen LogP) is 2.95. The van der Waals surface area contributed by atoms with Crippen molar-refractivity contribution < 1.29 is 14.6 Å². The van der Waals surface area contributed by atoms with Gasteiger partial charge in [0.05, 0.1) is 4.47 Å². The highest BCUT2D eigenvalue weighted by Crippen LogP contribution is 2.36. The van der Waals surface area contributed by atoms with Gasteiger partial charge in [-0.25, -0.2) is 4.39 Å². The molecule has 2 N–H and O–H groups in total. The number of hydrogen-bond acceptors (Lipinski definition) is 2. The highest BCUT2D eigenvalue weighted by atomic mass is 79.9. The SMILES string of the molecule is CCCc1c(O)cc(F)c(O)c1Br. The summed E-state index contributed by atoms with van der Waals surface area (Å²) < 4.78 is 13.1. The average molecular weight is 249 g/mol. The van der Waals surface area contributed by atoms with E-state index in [4.69, 9.17) is 0 Å². The van der Waals surface area contributed by atoms with Gasteiger partial charge < -0.3 is 10.2 Å². The van der Waals surface area contributed by atoms with Crippen LogP contribution in [0.2, 0.25) is 0 Å². The summed E-state index contributed by atoms with van der Waals surface area (Å²) in [4.78, 5) is 0. The molecular formula is C9H10BrFO2. The third kappa shape index (κ3) is 1.94. The van der Waals surface area contributed by atoms with E-state index in [1.807, 2.05) is 6.92 Å². The van der Waals surface area contributed by atoms with Crippen LogP contribution < -0.4 is 0 Å². The second-order valence-electron chi connectivity index (χ2n) is 2.77. The molecule has 0 fully saturated rings. The van der Waals surface area contributed by atoms with E-state index in [1.165, 1.54) is 0 Å². The zero-order valence-corrected chi connectivity index (χ0v) is 8.73. The van der Waals surface area contributed by atoms with Gasteiger partial charge in [-0.1, -0.05) is 13.3 Å². The van der Waals surface area contributed by atoms with Gasteiger partial charge in [0.25, 0.3) is 0 Å². The predicted molar refractivity (Wildman–Crippen MR) is 51.4 cm³/mol. The van der Waals surface area contributed by atoms with Crippen molar-refractivity contribution in [3.63, 3.8) is 0 Å². The molecule has 0 spiro atoms. The number of benzene rings is 1. The minimum absolute atomic E-state index is 0.121. The molecule has 13 heavy (non-hydrogen) atoms. The molecule has 0 aromatic heterocycles. The first-order valence-electron chi connectivity index (χ1n) is 3.96. The second kappa shape index (κ2) is 3.96. The Balaban J connectivity index is 3.26. The van der Waals surface area contributed by atoms with Crippen LogP contribution >= 0.6 is 15.9 Å². The maximum absolute atomic E-state index is 12.8. The van der Waals surface area contributed by atoms with E-state index in [9.17, 15) is 14.6 Å². The van der Waals surface area contributed by atoms with Crippen molar-refractivity contribution in [2.45, 2.75) is 19.8 Å². The minimum Gasteiger partial charge on any atom is -0.508 e. The lowest BCUT2D eigenvalue weighted by Gasteiger charge is -2.08. The molecule has 1 aromatic carbocycles. The van der Waals surface area contributed by atoms with E-state index in [0.29, 0.717) is 12.0 Å². The zero-order chi connectivity index (χ0) is 10.0. The van der Waals surface area contributed by atoms with E-state index < -0.39 is 11.6 Å². The Morgan fingerprint density at radius 2 is 2.08 bits per heavy atom. The minimum atomic E-state index is -0.816. The molecule has 0 aliphatic carbocycles. The smallest absolute Gasteiger partial charge is 0.169 e. The normalized spacial score (nSPS) is 10.4. The standard InChI is InChI=1S/C9H10BrFO2/c1-2-3-5-7(12)4-6(11)9(13)8(5)10/h4,12-13H,2-3H2,1H3. The third-order valence-electron chi connectivity index (χ3n) is 1.77. The molecule has 0 aliphatic rings. The lowest BCUT2D eigenvalue weighted by Crippen LogP contribution is -1.89. The van der Waals surface area contributed by atoms with Gasteiger partial charge in [-0.2, -0.15) is 0 Å². The lowest BCUT2D eigenvalue weighted by atomic mass is 10.1. The molecule has 0 unspecified atom stereocenters. The van der Waals surface area contributed by atoms with Gasteiger partial charge in [0.2, 0.25) is 0 Å². The molecule has 1 rings (SSSR count). The molecule has 0 heterocycles. The Bertz CT molecular complexity index is 326. The quantitative estimate of drug-likeness (QED) is 0.791. The first-order chi connectivity index (χ1) is 6.07. The van der Waals surface area contributed by atoms with Crippen molar-refractivity contribution in [3.8, 4) is 11.5 Å². The van der Waals surface area contributed by atoms with Crippen LogP contribution in [0.5, 0.6) is 11.5 Å². The molecule has 72 valence electrons. The molecule has 0 radical (unpaired) electrons. The Labute approximate surface area is 84.1 Å². The molecule has 2 nitrogen and oxygen atoms in total. The van der Waals surface area contributed by atoms with Crippen LogP contribution in [-0.4, -0.2) is 10.2 Å². The van der Waals surface area contributed by atoms with Crippen LogP contribution in [0.15, 0.2) is 10.5 Å². The first-order valence-corrected chi connectivity index (χ1v) is 4.76. The van der Waals surface area contributed by atoms with Crippen molar-refractivity contribution in [1.82, 2.24) is 0 Å². The fraction of sp³-hybridized carbons (Fsp3) is 0.333. The number of hydrogen-bond donors (Lipinski definition) is 2. The molecule has 1 aromatic rings. The van der Waals surface area contributed by atoms with Gasteiger partial charge in [0.1, 0.15) is 5.75 Å². The molecule has 4 heteroatoms. The van der Waals surface area contributed by atoms with E-state index in [0.717, 1.165) is 12.5 Å². The van der Waals surface area contributed by atoms with Crippen molar-refractivity contribution in [3.05, 3.63) is 21.9 Å². The van der Waals surface area contributed by atoms with Crippen molar-refractivity contribution in [2.75, 3.05) is 0 Å². The van der Waals surface area contributed by atoms with Gasteiger partial charge in [-0.15, -0.1) is 0 Å². The second-order valence-corrected chi connectivity index (χ2v) is 3.56. The van der Waals surface area contributed by atoms with Gasteiger partial charge in [0, 0.05) is 11.6 Å². The topological polar surface area (TPSA) is 40.5 Å². The Kier molecular flexibility index (Phi) is 3.14. The summed E-state index contributed by atoms with van der Waals surface area (Å²) in [6.07, 6.45) is 1.41. The summed E-state index contributed by atoms with van der Waals surface area (Å²) in [5.74, 6) is -1.38. The summed E-state index contributed by atoms with van der Waals surface area (Å²) in [6.45, 7) is 1.94. The van der Waals surface area contributed by atoms with Crippen molar-refractivity contribution >= 4 is 15.9 Å². The van der Waals surface area contributed by atoms with Crippen molar-refractivity contribution in [1.29, 1.82) is 0 Å². The van der Waals surface area contributed by atoms with Crippen LogP contribution in [0, 0.1) is 5.82 Å². The average Bonchev–Trinajstić information content (AvgIpc) is 2.09. The highest BCUT2D eigenvalue weighted by molar-refractivity contribution is 9.10. The third-order valence-corrected chi connectivity index (χ3v) is 2.63. The molecule has 0 amide bonds. The number of aromatic hydroxyl groups is 2. The summed E-state index contributed by atoms with van der Waals surface area (Å²) in [7, 11) is 0. The fourth-order valence-electron chi connectivity index (χ4n) is 1.12. The van der Waals surface area contributed by atoms with Crippen LogP contribution in [0.4, 0.5) is 4.39 Å². The molecular weight excluding hydrogens is 239 g/mol. The molecule has 0 saturated carbocycles. The summed E-state index contributed by atoms with van der Waals surface area (Å²) >= 11 is 3.03. The number of halogens is 2. The highest BCUT2D eigenvalue weighted by Gasteiger charge is 2.14. The monoisotopic (exact) mass is 248 g/mol. The summed E-state index contributed by atoms with van der Waals surface area (Å²) in [5.41, 5.74) is 0.543. The van der Waals surface area contributed by atoms with Gasteiger partial charge >= 0.3 is 0 Å². The summed E-state index contributed by atoms with van der Waals surface area (Å²) in [5, 5.41) is 18.6.